The molecule has 0 aromatic heterocycles. The van der Waals surface area contributed by atoms with Crippen molar-refractivity contribution in [1.29, 1.82) is 0 Å². The summed E-state index contributed by atoms with van der Waals surface area (Å²) in [4.78, 5) is 40.8. The van der Waals surface area contributed by atoms with Crippen LogP contribution in [0.5, 0.6) is 0 Å². The highest BCUT2D eigenvalue weighted by Gasteiger charge is 2.43. The van der Waals surface area contributed by atoms with Gasteiger partial charge < -0.3 is 19.8 Å². The maximum Gasteiger partial charge on any atom is 0.303 e. The van der Waals surface area contributed by atoms with E-state index in [2.05, 4.69) is 6.92 Å². The summed E-state index contributed by atoms with van der Waals surface area (Å²) < 4.78 is 0. The topological polar surface area (TPSA) is 80.5 Å². The van der Waals surface area contributed by atoms with E-state index in [9.17, 15) is 14.4 Å². The third-order valence-corrected chi connectivity index (χ3v) is 6.98. The monoisotopic (exact) mass is 487 g/mol. The molecular weight excluding hydrogens is 442 g/mol. The fourth-order valence-corrected chi connectivity index (χ4v) is 4.57. The minimum Gasteiger partial charge on any atom is -0.481 e. The number of carbonyl (C=O) groups is 3. The maximum atomic E-state index is 12.4. The predicted molar refractivity (Wildman–Crippen MR) is 138 cm³/mol. The first-order valence-corrected chi connectivity index (χ1v) is 14.0. The molecule has 1 aliphatic carbocycles. The Kier molecular flexibility index (Phi) is 11.1. The Hall–Kier alpha value is -2.31. The number of carboxylic acid groups (broad SMARTS) is 1. The minimum atomic E-state index is -0.655. The lowest BCUT2D eigenvalue weighted by atomic mass is 10.0. The van der Waals surface area contributed by atoms with E-state index in [1.165, 1.54) is 76.7 Å². The van der Waals surface area contributed by atoms with Gasteiger partial charge in [-0.3, -0.25) is 14.4 Å². The van der Waals surface area contributed by atoms with Crippen molar-refractivity contribution in [3.05, 3.63) is 23.2 Å². The van der Waals surface area contributed by atoms with Crippen molar-refractivity contribution in [2.45, 2.75) is 96.8 Å². The van der Waals surface area contributed by atoms with Gasteiger partial charge in [-0.1, -0.05) is 84.0 Å². The van der Waals surface area contributed by atoms with Crippen LogP contribution in [0.2, 0.25) is 0 Å². The summed E-state index contributed by atoms with van der Waals surface area (Å²) in [5.41, 5.74) is 1.89. The van der Waals surface area contributed by atoms with Gasteiger partial charge in [0.25, 0.3) is 0 Å². The zero-order valence-electron chi connectivity index (χ0n) is 21.7. The fourth-order valence-electron chi connectivity index (χ4n) is 4.57. The second-order valence-electron chi connectivity index (χ2n) is 10.3. The van der Waals surface area contributed by atoms with Crippen molar-refractivity contribution in [1.82, 2.24) is 14.7 Å². The molecule has 3 aliphatic heterocycles. The van der Waals surface area contributed by atoms with E-state index < -0.39 is 5.97 Å². The van der Waals surface area contributed by atoms with Crippen molar-refractivity contribution in [3.63, 3.8) is 0 Å². The number of hydrogen-bond acceptors (Lipinski definition) is 6. The molecule has 7 nitrogen and oxygen atoms in total. The van der Waals surface area contributed by atoms with Crippen molar-refractivity contribution in [2.24, 2.45) is 0 Å². The average molecular weight is 488 g/mol. The molecule has 7 heteroatoms. The number of Topliss-reactive ketones (excluding diaryl/α,β-unsaturated/α-hetero) is 1. The quantitative estimate of drug-likeness (QED) is 0.180. The highest BCUT2D eigenvalue weighted by Crippen LogP contribution is 2.33. The Morgan fingerprint density at radius 3 is 1.54 bits per heavy atom. The first kappa shape index (κ1) is 27.3. The highest BCUT2D eigenvalue weighted by molar-refractivity contribution is 6.22. The number of rotatable bonds is 17. The molecule has 0 spiro atoms. The molecule has 0 bridgehead atoms. The van der Waals surface area contributed by atoms with Crippen molar-refractivity contribution >= 4 is 17.5 Å². The molecule has 1 N–H and O–H groups in total. The van der Waals surface area contributed by atoms with Gasteiger partial charge in [-0.25, -0.2) is 0 Å². The molecule has 0 aromatic rings. The molecule has 4 rings (SSSR count). The summed E-state index contributed by atoms with van der Waals surface area (Å²) in [6.45, 7) is 7.67. The Bertz CT molecular complexity index is 792. The van der Waals surface area contributed by atoms with Crippen LogP contribution in [0.25, 0.3) is 0 Å². The molecule has 35 heavy (non-hydrogen) atoms. The van der Waals surface area contributed by atoms with Crippen LogP contribution in [-0.2, 0) is 14.4 Å². The first-order chi connectivity index (χ1) is 17.0. The molecule has 0 aromatic carbocycles. The lowest BCUT2D eigenvalue weighted by Gasteiger charge is -2.21. The zero-order chi connectivity index (χ0) is 25.0. The van der Waals surface area contributed by atoms with E-state index in [1.807, 2.05) is 14.7 Å². The molecule has 3 heterocycles. The van der Waals surface area contributed by atoms with Gasteiger partial charge >= 0.3 is 5.97 Å². The smallest absolute Gasteiger partial charge is 0.303 e. The molecule has 3 fully saturated rings. The van der Waals surface area contributed by atoms with Crippen LogP contribution < -0.4 is 0 Å². The molecule has 0 saturated carbocycles. The summed E-state index contributed by atoms with van der Waals surface area (Å²) in [6, 6.07) is 0. The molecule has 0 radical (unpaired) electrons. The maximum absolute atomic E-state index is 12.4. The number of nitrogens with zero attached hydrogens (tertiary/aromatic N) is 3. The van der Waals surface area contributed by atoms with E-state index in [1.54, 1.807) is 0 Å². The van der Waals surface area contributed by atoms with Crippen molar-refractivity contribution < 1.29 is 19.5 Å². The Labute approximate surface area is 211 Å². The van der Waals surface area contributed by atoms with Gasteiger partial charge in [0.15, 0.2) is 0 Å². The molecule has 0 unspecified atom stereocenters. The van der Waals surface area contributed by atoms with Crippen molar-refractivity contribution in [2.75, 3.05) is 39.3 Å². The number of carbonyl (C=O) groups excluding carboxylic acids is 2. The second kappa shape index (κ2) is 14.3. The lowest BCUT2D eigenvalue weighted by molar-refractivity contribution is -0.137. The van der Waals surface area contributed by atoms with Crippen LogP contribution in [0.1, 0.15) is 96.8 Å². The molecule has 3 saturated heterocycles. The Morgan fingerprint density at radius 2 is 1.11 bits per heavy atom. The summed E-state index contributed by atoms with van der Waals surface area (Å²) in [5.74, 6) is -0.606. The average Bonchev–Trinajstić information content (AvgIpc) is 3.69. The molecule has 4 aliphatic rings. The zero-order valence-corrected chi connectivity index (χ0v) is 21.7. The number of ketones is 2. The van der Waals surface area contributed by atoms with Gasteiger partial charge in [0.1, 0.15) is 11.4 Å². The predicted octanol–water partition coefficient (Wildman–Crippen LogP) is 4.73. The van der Waals surface area contributed by atoms with Crippen LogP contribution in [0.15, 0.2) is 23.2 Å². The number of allylic oxidation sites excluding steroid dienone is 1. The summed E-state index contributed by atoms with van der Waals surface area (Å²) >= 11 is 0. The second-order valence-corrected chi connectivity index (χ2v) is 10.3. The summed E-state index contributed by atoms with van der Waals surface area (Å²) in [7, 11) is 0. The Morgan fingerprint density at radius 1 is 0.686 bits per heavy atom. The molecule has 0 atom stereocenters. The number of aliphatic carboxylic acids is 1. The van der Waals surface area contributed by atoms with Gasteiger partial charge in [-0.05, 0) is 6.42 Å². The first-order valence-electron chi connectivity index (χ1n) is 14.0. The molecule has 0 amide bonds. The third-order valence-electron chi connectivity index (χ3n) is 6.98. The largest absolute Gasteiger partial charge is 0.481 e. The molecular formula is C28H45N3O4. The summed E-state index contributed by atoms with van der Waals surface area (Å²) in [5, 5.41) is 8.49. The highest BCUT2D eigenvalue weighted by atomic mass is 16.4. The third kappa shape index (κ3) is 9.69. The Balaban J connectivity index is 0.000000195. The molecule has 196 valence electrons. The minimum absolute atomic E-state index is 0.00546. The van der Waals surface area contributed by atoms with E-state index in [0.29, 0.717) is 23.5 Å². The van der Waals surface area contributed by atoms with Gasteiger partial charge in [-0.2, -0.15) is 0 Å². The van der Waals surface area contributed by atoms with E-state index in [-0.39, 0.29) is 11.6 Å². The van der Waals surface area contributed by atoms with Crippen LogP contribution in [-0.4, -0.2) is 76.6 Å². The number of hydrogen-bond donors (Lipinski definition) is 1. The van der Waals surface area contributed by atoms with E-state index in [0.717, 1.165) is 52.1 Å². The van der Waals surface area contributed by atoms with Crippen LogP contribution in [0, 0.1) is 0 Å². The van der Waals surface area contributed by atoms with Gasteiger partial charge in [0.2, 0.25) is 11.6 Å². The number of unbranched alkanes of at least 4 members (excludes halogenated alkanes) is 12. The number of carboxylic acids is 1. The van der Waals surface area contributed by atoms with Gasteiger partial charge in [0.05, 0.1) is 5.70 Å². The summed E-state index contributed by atoms with van der Waals surface area (Å²) in [6.07, 6.45) is 18.8. The van der Waals surface area contributed by atoms with E-state index >= 15 is 0 Å². The lowest BCUT2D eigenvalue weighted by Crippen LogP contribution is -2.29. The van der Waals surface area contributed by atoms with Gasteiger partial charge in [-0.15, -0.1) is 0 Å². The van der Waals surface area contributed by atoms with Crippen LogP contribution in [0.3, 0.4) is 0 Å². The van der Waals surface area contributed by atoms with Crippen LogP contribution in [0.4, 0.5) is 0 Å². The van der Waals surface area contributed by atoms with Crippen LogP contribution >= 0.6 is 0 Å². The standard InChI is InChI=1S/C16H32O2.C12H13N3O2/c1-2-3-4-5-6-7-8-9-10-11-12-13-14-15-16(17)18;16-9-7-8(13-1-2-13)12(17)11(15-5-6-15)10(9)14-3-4-14/h2-15H2,1H3,(H,17,18);7H,1-6H2. The SMILES string of the molecule is CCCCCCCCCCCCCCCC(=O)O.O=C1C=C(N2CC2)C(=O)C(N2CC2)=C1N1CC1. The fraction of sp³-hybridized carbons (Fsp3) is 0.750. The van der Waals surface area contributed by atoms with E-state index in [4.69, 9.17) is 5.11 Å². The van der Waals surface area contributed by atoms with Gasteiger partial charge in [0, 0.05) is 51.8 Å². The van der Waals surface area contributed by atoms with Crippen molar-refractivity contribution in [3.8, 4) is 0 Å². The normalized spacial score (nSPS) is 18.4.